The Labute approximate surface area is 179 Å². The fourth-order valence-electron chi connectivity index (χ4n) is 3.54. The van der Waals surface area contributed by atoms with E-state index in [1.54, 1.807) is 4.68 Å². The van der Waals surface area contributed by atoms with E-state index in [1.165, 1.54) is 0 Å². The Hall–Kier alpha value is -3.64. The second-order valence-corrected chi connectivity index (χ2v) is 7.24. The average molecular weight is 455 g/mol. The quantitative estimate of drug-likeness (QED) is 0.531. The lowest BCUT2D eigenvalue weighted by Gasteiger charge is -2.12. The number of fused-ring (bicyclic) bond motifs is 1. The summed E-state index contributed by atoms with van der Waals surface area (Å²) in [5.41, 5.74) is 0.994. The Balaban J connectivity index is 0.000000360. The summed E-state index contributed by atoms with van der Waals surface area (Å²) in [6.07, 6.45) is -4.14. The number of nitrogens with one attached hydrogen (secondary N) is 2. The molecule has 3 unspecified atom stereocenters. The summed E-state index contributed by atoms with van der Waals surface area (Å²) in [7, 11) is 0. The maximum atomic E-state index is 12.3. The highest BCUT2D eigenvalue weighted by Crippen LogP contribution is 2.53. The lowest BCUT2D eigenvalue weighted by molar-refractivity contribution is -0.192. The summed E-state index contributed by atoms with van der Waals surface area (Å²) in [5.74, 6) is -3.87. The number of aryl methyl sites for hydroxylation is 1. The zero-order valence-electron chi connectivity index (χ0n) is 16.5. The second-order valence-electron chi connectivity index (χ2n) is 7.24. The number of anilines is 1. The molecule has 1 aromatic carbocycles. The van der Waals surface area contributed by atoms with Gasteiger partial charge in [0.1, 0.15) is 0 Å². The van der Waals surface area contributed by atoms with Gasteiger partial charge in [0, 0.05) is 25.6 Å². The standard InChI is InChI=1S/C17H19N5O3.C2HF3O2/c23-15(14-20-17-18-7-4-8-22(17)21-14)19-9-11-12(13(11)16(24)25)10-5-2-1-3-6-10;3-2(4,5)1(6)7/h1-3,5-6,11-13H,4,7-9H2,(H,19,23)(H,24,25)(H,18,20,21);(H,6,7). The van der Waals surface area contributed by atoms with E-state index in [2.05, 4.69) is 20.7 Å². The van der Waals surface area contributed by atoms with Gasteiger partial charge in [-0.3, -0.25) is 9.59 Å². The first-order valence-electron chi connectivity index (χ1n) is 9.64. The molecule has 1 aromatic heterocycles. The van der Waals surface area contributed by atoms with Crippen molar-refractivity contribution < 1.29 is 37.8 Å². The highest BCUT2D eigenvalue weighted by Gasteiger charge is 2.55. The number of halogens is 3. The highest BCUT2D eigenvalue weighted by atomic mass is 19.4. The lowest BCUT2D eigenvalue weighted by Crippen LogP contribution is -2.27. The van der Waals surface area contributed by atoms with E-state index in [4.69, 9.17) is 9.90 Å². The Morgan fingerprint density at radius 2 is 1.84 bits per heavy atom. The first-order chi connectivity index (χ1) is 15.1. The van der Waals surface area contributed by atoms with Crippen molar-refractivity contribution in [2.45, 2.75) is 25.1 Å². The molecule has 172 valence electrons. The van der Waals surface area contributed by atoms with Crippen LogP contribution < -0.4 is 10.6 Å². The van der Waals surface area contributed by atoms with Gasteiger partial charge in [-0.05, 0) is 17.9 Å². The molecule has 0 spiro atoms. The van der Waals surface area contributed by atoms with Gasteiger partial charge in [-0.15, -0.1) is 5.10 Å². The average Bonchev–Trinajstić information content (AvgIpc) is 3.32. The first kappa shape index (κ1) is 23.0. The molecule has 4 N–H and O–H groups in total. The lowest BCUT2D eigenvalue weighted by atomic mass is 10.1. The highest BCUT2D eigenvalue weighted by molar-refractivity contribution is 5.90. The van der Waals surface area contributed by atoms with Crippen molar-refractivity contribution in [3.63, 3.8) is 0 Å². The molecule has 10 nitrogen and oxygen atoms in total. The number of benzene rings is 1. The van der Waals surface area contributed by atoms with E-state index in [0.29, 0.717) is 12.5 Å². The fourth-order valence-corrected chi connectivity index (χ4v) is 3.54. The number of nitrogens with zero attached hydrogens (tertiary/aromatic N) is 3. The fraction of sp³-hybridized carbons (Fsp3) is 0.421. The Morgan fingerprint density at radius 3 is 2.41 bits per heavy atom. The summed E-state index contributed by atoms with van der Waals surface area (Å²) in [6, 6.07) is 9.56. The van der Waals surface area contributed by atoms with Crippen LogP contribution >= 0.6 is 0 Å². The minimum Gasteiger partial charge on any atom is -0.481 e. The Morgan fingerprint density at radius 1 is 1.19 bits per heavy atom. The SMILES string of the molecule is O=C(NCC1C(C(=O)O)C1c1ccccc1)c1nc2n(n1)CCCN2.O=C(O)C(F)(F)F. The smallest absolute Gasteiger partial charge is 0.481 e. The van der Waals surface area contributed by atoms with E-state index in [0.717, 1.165) is 25.1 Å². The van der Waals surface area contributed by atoms with Crippen LogP contribution in [0.1, 0.15) is 28.5 Å². The third-order valence-corrected chi connectivity index (χ3v) is 5.08. The van der Waals surface area contributed by atoms with Gasteiger partial charge in [-0.2, -0.15) is 18.2 Å². The van der Waals surface area contributed by atoms with Gasteiger partial charge in [-0.25, -0.2) is 9.48 Å². The number of hydrogen-bond donors (Lipinski definition) is 4. The molecule has 2 aromatic rings. The third kappa shape index (κ3) is 5.34. The normalized spacial score (nSPS) is 21.3. The summed E-state index contributed by atoms with van der Waals surface area (Å²) < 4.78 is 33.4. The van der Waals surface area contributed by atoms with Gasteiger partial charge in [0.25, 0.3) is 5.91 Å². The van der Waals surface area contributed by atoms with Crippen molar-refractivity contribution in [1.29, 1.82) is 0 Å². The van der Waals surface area contributed by atoms with E-state index in [9.17, 15) is 27.9 Å². The number of carbonyl (C=O) groups is 3. The molecule has 4 rings (SSSR count). The molecule has 0 saturated heterocycles. The van der Waals surface area contributed by atoms with Crippen molar-refractivity contribution in [3.8, 4) is 0 Å². The van der Waals surface area contributed by atoms with Crippen LogP contribution in [0.2, 0.25) is 0 Å². The monoisotopic (exact) mass is 455 g/mol. The van der Waals surface area contributed by atoms with Crippen LogP contribution in [0, 0.1) is 11.8 Å². The van der Waals surface area contributed by atoms with Gasteiger partial charge in [-0.1, -0.05) is 30.3 Å². The number of rotatable bonds is 5. The largest absolute Gasteiger partial charge is 0.490 e. The minimum atomic E-state index is -5.08. The van der Waals surface area contributed by atoms with E-state index >= 15 is 0 Å². The van der Waals surface area contributed by atoms with Crippen molar-refractivity contribution in [3.05, 3.63) is 41.7 Å². The molecule has 13 heteroatoms. The molecule has 1 aliphatic heterocycles. The molecule has 1 saturated carbocycles. The molecule has 3 atom stereocenters. The van der Waals surface area contributed by atoms with E-state index < -0.39 is 24.0 Å². The van der Waals surface area contributed by atoms with Crippen molar-refractivity contribution in [1.82, 2.24) is 20.1 Å². The van der Waals surface area contributed by atoms with E-state index in [-0.39, 0.29) is 23.6 Å². The Bertz CT molecular complexity index is 971. The number of aromatic nitrogens is 3. The van der Waals surface area contributed by atoms with Gasteiger partial charge in [0.05, 0.1) is 5.92 Å². The van der Waals surface area contributed by atoms with Crippen LogP contribution in [-0.4, -0.2) is 62.1 Å². The first-order valence-corrected chi connectivity index (χ1v) is 9.64. The zero-order chi connectivity index (χ0) is 23.5. The van der Waals surface area contributed by atoms with E-state index in [1.807, 2.05) is 30.3 Å². The molecule has 1 fully saturated rings. The van der Waals surface area contributed by atoms with Crippen molar-refractivity contribution in [2.24, 2.45) is 11.8 Å². The molecular formula is C19H20F3N5O5. The van der Waals surface area contributed by atoms with Crippen LogP contribution in [0.3, 0.4) is 0 Å². The van der Waals surface area contributed by atoms with Gasteiger partial charge in [0.2, 0.25) is 11.8 Å². The van der Waals surface area contributed by atoms with Gasteiger partial charge in [0.15, 0.2) is 0 Å². The molecule has 1 amide bonds. The molecule has 1 aliphatic carbocycles. The molecule has 0 radical (unpaired) electrons. The van der Waals surface area contributed by atoms with Crippen LogP contribution in [0.4, 0.5) is 19.1 Å². The molecule has 2 heterocycles. The summed E-state index contributed by atoms with van der Waals surface area (Å²) in [6.45, 7) is 1.86. The molecular weight excluding hydrogens is 435 g/mol. The number of carboxylic acid groups (broad SMARTS) is 2. The number of amides is 1. The van der Waals surface area contributed by atoms with Crippen molar-refractivity contribution in [2.75, 3.05) is 18.4 Å². The number of alkyl halides is 3. The summed E-state index contributed by atoms with van der Waals surface area (Å²) >= 11 is 0. The van der Waals surface area contributed by atoms with Crippen LogP contribution in [0.15, 0.2) is 30.3 Å². The topological polar surface area (TPSA) is 146 Å². The second kappa shape index (κ2) is 9.24. The van der Waals surface area contributed by atoms with Crippen LogP contribution in [0.25, 0.3) is 0 Å². The third-order valence-electron chi connectivity index (χ3n) is 5.08. The predicted molar refractivity (Wildman–Crippen MR) is 103 cm³/mol. The van der Waals surface area contributed by atoms with Crippen molar-refractivity contribution >= 4 is 23.8 Å². The minimum absolute atomic E-state index is 0.0659. The Kier molecular flexibility index (Phi) is 6.65. The predicted octanol–water partition coefficient (Wildman–Crippen LogP) is 1.57. The van der Waals surface area contributed by atoms with Gasteiger partial charge < -0.3 is 20.8 Å². The number of carbonyl (C=O) groups excluding carboxylic acids is 1. The number of carboxylic acids is 2. The van der Waals surface area contributed by atoms with Gasteiger partial charge >= 0.3 is 18.1 Å². The number of hydrogen-bond acceptors (Lipinski definition) is 6. The van der Waals surface area contributed by atoms with Crippen LogP contribution in [0.5, 0.6) is 0 Å². The maximum absolute atomic E-state index is 12.3. The molecule has 2 aliphatic rings. The zero-order valence-corrected chi connectivity index (χ0v) is 16.5. The number of aliphatic carboxylic acids is 2. The molecule has 0 bridgehead atoms. The molecule has 32 heavy (non-hydrogen) atoms. The summed E-state index contributed by atoms with van der Waals surface area (Å²) in [4.78, 5) is 36.8. The summed E-state index contributed by atoms with van der Waals surface area (Å²) in [5, 5.41) is 26.6. The maximum Gasteiger partial charge on any atom is 0.490 e. The van der Waals surface area contributed by atoms with Crippen LogP contribution in [-0.2, 0) is 16.1 Å².